The van der Waals surface area contributed by atoms with Crippen LogP contribution >= 0.6 is 12.4 Å². The zero-order chi connectivity index (χ0) is 16.1. The fourth-order valence-corrected chi connectivity index (χ4v) is 3.81. The standard InChI is InChI=1S/C19H28N2O2.ClH/c1-14-12-16(9-10-20-14)19(22)21-13-17-8-5-11-23-18(17)15-6-3-2-4-7-15;/h2-4,6-7,14,16-18,20H,5,8-13H2,1H3,(H,21,22);1H/t14-,16-,17?,18?;/m0./s1. The van der Waals surface area contributed by atoms with E-state index >= 15 is 0 Å². The number of halogens is 1. The second-order valence-corrected chi connectivity index (χ2v) is 6.93. The van der Waals surface area contributed by atoms with Gasteiger partial charge in [-0.3, -0.25) is 4.79 Å². The van der Waals surface area contributed by atoms with Crippen molar-refractivity contribution in [2.45, 2.75) is 44.8 Å². The molecule has 0 aliphatic carbocycles. The molecule has 134 valence electrons. The third-order valence-corrected chi connectivity index (χ3v) is 5.11. The summed E-state index contributed by atoms with van der Waals surface area (Å²) in [4.78, 5) is 12.4. The summed E-state index contributed by atoms with van der Waals surface area (Å²) in [6.45, 7) is 4.63. The molecule has 1 amide bonds. The summed E-state index contributed by atoms with van der Waals surface area (Å²) in [5.41, 5.74) is 1.22. The van der Waals surface area contributed by atoms with Crippen molar-refractivity contribution in [2.75, 3.05) is 19.7 Å². The molecule has 1 aromatic rings. The molecule has 4 nitrogen and oxygen atoms in total. The smallest absolute Gasteiger partial charge is 0.223 e. The van der Waals surface area contributed by atoms with Crippen LogP contribution in [0.3, 0.4) is 0 Å². The van der Waals surface area contributed by atoms with E-state index in [0.29, 0.717) is 12.0 Å². The number of carbonyl (C=O) groups excluding carboxylic acids is 1. The van der Waals surface area contributed by atoms with Crippen molar-refractivity contribution in [2.24, 2.45) is 11.8 Å². The highest BCUT2D eigenvalue weighted by Crippen LogP contribution is 2.33. The Morgan fingerprint density at radius 2 is 2.08 bits per heavy atom. The maximum absolute atomic E-state index is 12.4. The maximum Gasteiger partial charge on any atom is 0.223 e. The highest BCUT2D eigenvalue weighted by Gasteiger charge is 2.29. The molecule has 5 heteroatoms. The van der Waals surface area contributed by atoms with Crippen molar-refractivity contribution in [1.82, 2.24) is 10.6 Å². The zero-order valence-corrected chi connectivity index (χ0v) is 15.2. The van der Waals surface area contributed by atoms with Crippen LogP contribution in [0.5, 0.6) is 0 Å². The van der Waals surface area contributed by atoms with Gasteiger partial charge in [0.1, 0.15) is 0 Å². The van der Waals surface area contributed by atoms with Crippen molar-refractivity contribution < 1.29 is 9.53 Å². The number of hydrogen-bond acceptors (Lipinski definition) is 3. The number of piperidine rings is 1. The first-order chi connectivity index (χ1) is 11.2. The number of amides is 1. The molecule has 1 aromatic carbocycles. The van der Waals surface area contributed by atoms with E-state index in [9.17, 15) is 4.79 Å². The molecule has 24 heavy (non-hydrogen) atoms. The van der Waals surface area contributed by atoms with Crippen LogP contribution in [-0.2, 0) is 9.53 Å². The topological polar surface area (TPSA) is 50.4 Å². The summed E-state index contributed by atoms with van der Waals surface area (Å²) in [6.07, 6.45) is 4.18. The molecule has 0 aromatic heterocycles. The average Bonchev–Trinajstić information content (AvgIpc) is 2.60. The van der Waals surface area contributed by atoms with E-state index < -0.39 is 0 Å². The SMILES string of the molecule is C[C@H]1C[C@@H](C(=O)NCC2CCCOC2c2ccccc2)CCN1.Cl. The fourth-order valence-electron chi connectivity index (χ4n) is 3.81. The van der Waals surface area contributed by atoms with E-state index in [-0.39, 0.29) is 30.3 Å². The van der Waals surface area contributed by atoms with Crippen molar-refractivity contribution in [1.29, 1.82) is 0 Å². The minimum atomic E-state index is 0. The van der Waals surface area contributed by atoms with E-state index in [1.54, 1.807) is 0 Å². The average molecular weight is 353 g/mol. The van der Waals surface area contributed by atoms with E-state index in [4.69, 9.17) is 4.74 Å². The lowest BCUT2D eigenvalue weighted by Crippen LogP contribution is -2.44. The first-order valence-corrected chi connectivity index (χ1v) is 8.91. The Hall–Kier alpha value is -1.10. The van der Waals surface area contributed by atoms with E-state index in [0.717, 1.165) is 45.4 Å². The third kappa shape index (κ3) is 4.95. The Kier molecular flexibility index (Phi) is 7.53. The minimum absolute atomic E-state index is 0. The minimum Gasteiger partial charge on any atom is -0.373 e. The number of carbonyl (C=O) groups is 1. The van der Waals surface area contributed by atoms with Crippen LogP contribution in [0.4, 0.5) is 0 Å². The molecule has 0 bridgehead atoms. The van der Waals surface area contributed by atoms with Crippen molar-refractivity contribution in [3.05, 3.63) is 35.9 Å². The lowest BCUT2D eigenvalue weighted by atomic mass is 9.88. The molecule has 2 unspecified atom stereocenters. The predicted molar refractivity (Wildman–Crippen MR) is 98.3 cm³/mol. The van der Waals surface area contributed by atoms with Crippen LogP contribution in [0.15, 0.2) is 30.3 Å². The van der Waals surface area contributed by atoms with Gasteiger partial charge in [-0.2, -0.15) is 0 Å². The molecule has 0 spiro atoms. The van der Waals surface area contributed by atoms with Gasteiger partial charge in [0.15, 0.2) is 0 Å². The van der Waals surface area contributed by atoms with Gasteiger partial charge in [0.2, 0.25) is 5.91 Å². The number of ether oxygens (including phenoxy) is 1. The number of nitrogens with one attached hydrogen (secondary N) is 2. The summed E-state index contributed by atoms with van der Waals surface area (Å²) >= 11 is 0. The number of rotatable bonds is 4. The van der Waals surface area contributed by atoms with Crippen LogP contribution in [-0.4, -0.2) is 31.6 Å². The van der Waals surface area contributed by atoms with Crippen LogP contribution in [0.1, 0.15) is 44.3 Å². The van der Waals surface area contributed by atoms with E-state index in [1.807, 2.05) is 6.07 Å². The summed E-state index contributed by atoms with van der Waals surface area (Å²) in [5, 5.41) is 6.60. The number of hydrogen-bond donors (Lipinski definition) is 2. The Bertz CT molecular complexity index is 511. The predicted octanol–water partition coefficient (Wildman–Crippen LogP) is 3.08. The normalized spacial score (nSPS) is 30.2. The summed E-state index contributed by atoms with van der Waals surface area (Å²) < 4.78 is 6.01. The molecular formula is C19H29ClN2O2. The zero-order valence-electron chi connectivity index (χ0n) is 14.4. The summed E-state index contributed by atoms with van der Waals surface area (Å²) in [6, 6.07) is 10.8. The summed E-state index contributed by atoms with van der Waals surface area (Å²) in [7, 11) is 0. The van der Waals surface area contributed by atoms with Gasteiger partial charge in [-0.15, -0.1) is 12.4 Å². The molecule has 2 N–H and O–H groups in total. The lowest BCUT2D eigenvalue weighted by molar-refractivity contribution is -0.126. The molecule has 2 fully saturated rings. The highest BCUT2D eigenvalue weighted by atomic mass is 35.5. The molecule has 0 radical (unpaired) electrons. The van der Waals surface area contributed by atoms with Crippen molar-refractivity contribution in [3.8, 4) is 0 Å². The maximum atomic E-state index is 12.4. The molecule has 2 aliphatic heterocycles. The van der Waals surface area contributed by atoms with Crippen LogP contribution in [0, 0.1) is 11.8 Å². The van der Waals surface area contributed by atoms with Gasteiger partial charge in [-0.25, -0.2) is 0 Å². The van der Waals surface area contributed by atoms with Crippen LogP contribution in [0.2, 0.25) is 0 Å². The molecule has 2 heterocycles. The summed E-state index contributed by atoms with van der Waals surface area (Å²) in [5.74, 6) is 0.746. The Morgan fingerprint density at radius 1 is 1.29 bits per heavy atom. The van der Waals surface area contributed by atoms with Gasteiger partial charge in [0.25, 0.3) is 0 Å². The molecule has 4 atom stereocenters. The van der Waals surface area contributed by atoms with Gasteiger partial charge in [0.05, 0.1) is 6.10 Å². The quantitative estimate of drug-likeness (QED) is 0.875. The van der Waals surface area contributed by atoms with Gasteiger partial charge >= 0.3 is 0 Å². The van der Waals surface area contributed by atoms with Crippen molar-refractivity contribution in [3.63, 3.8) is 0 Å². The third-order valence-electron chi connectivity index (χ3n) is 5.11. The second-order valence-electron chi connectivity index (χ2n) is 6.93. The Morgan fingerprint density at radius 3 is 2.83 bits per heavy atom. The molecule has 2 aliphatic rings. The lowest BCUT2D eigenvalue weighted by Gasteiger charge is -2.33. The van der Waals surface area contributed by atoms with E-state index in [2.05, 4.69) is 41.8 Å². The first kappa shape index (κ1) is 19.2. The molecule has 2 saturated heterocycles. The van der Waals surface area contributed by atoms with E-state index in [1.165, 1.54) is 5.56 Å². The molecule has 0 saturated carbocycles. The fraction of sp³-hybridized carbons (Fsp3) is 0.632. The van der Waals surface area contributed by atoms with Gasteiger partial charge in [0, 0.05) is 31.0 Å². The van der Waals surface area contributed by atoms with Gasteiger partial charge < -0.3 is 15.4 Å². The number of benzene rings is 1. The monoisotopic (exact) mass is 352 g/mol. The largest absolute Gasteiger partial charge is 0.373 e. The second kappa shape index (κ2) is 9.40. The van der Waals surface area contributed by atoms with Crippen LogP contribution in [0.25, 0.3) is 0 Å². The Labute approximate surface area is 151 Å². The first-order valence-electron chi connectivity index (χ1n) is 8.91. The van der Waals surface area contributed by atoms with Gasteiger partial charge in [-0.05, 0) is 44.7 Å². The Balaban J connectivity index is 0.00000208. The van der Waals surface area contributed by atoms with Gasteiger partial charge in [-0.1, -0.05) is 30.3 Å². The van der Waals surface area contributed by atoms with Crippen molar-refractivity contribution >= 4 is 18.3 Å². The highest BCUT2D eigenvalue weighted by molar-refractivity contribution is 5.85. The van der Waals surface area contributed by atoms with Crippen LogP contribution < -0.4 is 10.6 Å². The molecule has 3 rings (SSSR count). The molecular weight excluding hydrogens is 324 g/mol.